The van der Waals surface area contributed by atoms with Crippen molar-refractivity contribution in [2.75, 3.05) is 6.54 Å². The molecule has 24 heavy (non-hydrogen) atoms. The molecule has 0 spiro atoms. The van der Waals surface area contributed by atoms with Crippen LogP contribution >= 0.6 is 24.8 Å². The first kappa shape index (κ1) is 22.4. The van der Waals surface area contributed by atoms with E-state index in [4.69, 9.17) is 10.2 Å². The summed E-state index contributed by atoms with van der Waals surface area (Å²) in [5.74, 6) is 0.267. The summed E-state index contributed by atoms with van der Waals surface area (Å²) in [6.07, 6.45) is 2.05. The fourth-order valence-electron chi connectivity index (χ4n) is 1.92. The lowest BCUT2D eigenvalue weighted by Gasteiger charge is -2.23. The molecule has 0 saturated heterocycles. The quantitative estimate of drug-likeness (QED) is 0.810. The highest BCUT2D eigenvalue weighted by Crippen LogP contribution is 2.23. The number of amides is 1. The zero-order chi connectivity index (χ0) is 16.2. The standard InChI is InChI=1S/C16H20FN3O2.2ClH/c1-16(2,10-18)20-14(21)7-8-15-19-9-13(22-15)11-5-3-4-6-12(11)17;;/h3-6,9H,7-8,10,18H2,1-2H3,(H,20,21);2*1H. The van der Waals surface area contributed by atoms with Gasteiger partial charge < -0.3 is 15.5 Å². The molecule has 1 aromatic carbocycles. The number of benzene rings is 1. The molecular weight excluding hydrogens is 356 g/mol. The summed E-state index contributed by atoms with van der Waals surface area (Å²) in [5.41, 5.74) is 5.48. The van der Waals surface area contributed by atoms with Crippen molar-refractivity contribution in [1.82, 2.24) is 10.3 Å². The highest BCUT2D eigenvalue weighted by Gasteiger charge is 2.18. The lowest BCUT2D eigenvalue weighted by molar-refractivity contribution is -0.122. The molecule has 0 aliphatic carbocycles. The van der Waals surface area contributed by atoms with E-state index >= 15 is 0 Å². The minimum absolute atomic E-state index is 0. The molecule has 1 aromatic heterocycles. The molecule has 0 radical (unpaired) electrons. The van der Waals surface area contributed by atoms with Crippen molar-refractivity contribution in [3.63, 3.8) is 0 Å². The van der Waals surface area contributed by atoms with Crippen LogP contribution in [-0.4, -0.2) is 23.0 Å². The van der Waals surface area contributed by atoms with Crippen LogP contribution < -0.4 is 11.1 Å². The number of oxazole rings is 1. The summed E-state index contributed by atoms with van der Waals surface area (Å²) in [4.78, 5) is 15.9. The van der Waals surface area contributed by atoms with Crippen LogP contribution in [0.2, 0.25) is 0 Å². The number of halogens is 3. The first-order valence-electron chi connectivity index (χ1n) is 7.12. The van der Waals surface area contributed by atoms with Gasteiger partial charge in [-0.1, -0.05) is 12.1 Å². The Morgan fingerprint density at radius 2 is 2.00 bits per heavy atom. The fraction of sp³-hybridized carbons (Fsp3) is 0.375. The molecule has 0 fully saturated rings. The van der Waals surface area contributed by atoms with Gasteiger partial charge >= 0.3 is 0 Å². The van der Waals surface area contributed by atoms with Crippen molar-refractivity contribution in [3.05, 3.63) is 42.2 Å². The molecule has 0 saturated carbocycles. The van der Waals surface area contributed by atoms with Gasteiger partial charge in [-0.15, -0.1) is 24.8 Å². The van der Waals surface area contributed by atoms with Crippen LogP contribution in [0.5, 0.6) is 0 Å². The lowest BCUT2D eigenvalue weighted by atomic mass is 10.1. The number of hydrogen-bond acceptors (Lipinski definition) is 4. The van der Waals surface area contributed by atoms with Gasteiger partial charge in [-0.2, -0.15) is 0 Å². The molecule has 3 N–H and O–H groups in total. The number of aromatic nitrogens is 1. The van der Waals surface area contributed by atoms with E-state index in [0.717, 1.165) is 0 Å². The minimum Gasteiger partial charge on any atom is -0.441 e. The van der Waals surface area contributed by atoms with E-state index in [1.165, 1.54) is 12.3 Å². The number of aryl methyl sites for hydroxylation is 1. The van der Waals surface area contributed by atoms with Crippen LogP contribution in [0.1, 0.15) is 26.2 Å². The molecule has 0 aliphatic heterocycles. The minimum atomic E-state index is -0.438. The topological polar surface area (TPSA) is 81.1 Å². The first-order valence-corrected chi connectivity index (χ1v) is 7.12. The second-order valence-corrected chi connectivity index (χ2v) is 5.73. The van der Waals surface area contributed by atoms with Crippen LogP contribution in [0.4, 0.5) is 4.39 Å². The highest BCUT2D eigenvalue weighted by atomic mass is 35.5. The van der Waals surface area contributed by atoms with E-state index in [9.17, 15) is 9.18 Å². The number of carbonyl (C=O) groups is 1. The van der Waals surface area contributed by atoms with Crippen molar-refractivity contribution < 1.29 is 13.6 Å². The predicted molar refractivity (Wildman–Crippen MR) is 96.0 cm³/mol. The fourth-order valence-corrected chi connectivity index (χ4v) is 1.92. The van der Waals surface area contributed by atoms with E-state index in [0.29, 0.717) is 30.2 Å². The molecule has 1 amide bonds. The third kappa shape index (κ3) is 6.11. The zero-order valence-corrected chi connectivity index (χ0v) is 15.2. The van der Waals surface area contributed by atoms with Crippen molar-refractivity contribution in [3.8, 4) is 11.3 Å². The molecule has 0 aliphatic rings. The third-order valence-electron chi connectivity index (χ3n) is 3.25. The van der Waals surface area contributed by atoms with Crippen molar-refractivity contribution >= 4 is 30.7 Å². The Labute approximate surface area is 153 Å². The maximum atomic E-state index is 13.7. The Morgan fingerprint density at radius 3 is 2.62 bits per heavy atom. The number of nitrogens with zero attached hydrogens (tertiary/aromatic N) is 1. The van der Waals surface area contributed by atoms with Crippen LogP contribution in [0.25, 0.3) is 11.3 Å². The molecule has 134 valence electrons. The molecule has 8 heteroatoms. The summed E-state index contributed by atoms with van der Waals surface area (Å²) in [5, 5.41) is 2.83. The Hall–Kier alpha value is -1.63. The second-order valence-electron chi connectivity index (χ2n) is 5.73. The number of carbonyl (C=O) groups excluding carboxylic acids is 1. The highest BCUT2D eigenvalue weighted by molar-refractivity contribution is 5.85. The number of rotatable bonds is 6. The maximum absolute atomic E-state index is 13.7. The molecule has 2 rings (SSSR count). The molecule has 0 bridgehead atoms. The number of nitrogens with two attached hydrogens (primary N) is 1. The van der Waals surface area contributed by atoms with Gasteiger partial charge in [0, 0.05) is 24.9 Å². The van der Waals surface area contributed by atoms with Crippen LogP contribution in [0.3, 0.4) is 0 Å². The molecule has 5 nitrogen and oxygen atoms in total. The van der Waals surface area contributed by atoms with Crippen LogP contribution in [0, 0.1) is 5.82 Å². The number of nitrogens with one attached hydrogen (secondary N) is 1. The van der Waals surface area contributed by atoms with Gasteiger partial charge in [-0.3, -0.25) is 4.79 Å². The molecule has 0 unspecified atom stereocenters. The Kier molecular flexibility index (Phi) is 8.96. The normalized spacial score (nSPS) is 10.5. The average molecular weight is 378 g/mol. The van der Waals surface area contributed by atoms with E-state index in [1.807, 2.05) is 13.8 Å². The molecule has 0 atom stereocenters. The van der Waals surface area contributed by atoms with E-state index < -0.39 is 5.54 Å². The largest absolute Gasteiger partial charge is 0.441 e. The molecule has 1 heterocycles. The predicted octanol–water partition coefficient (Wildman–Crippen LogP) is 3.11. The summed E-state index contributed by atoms with van der Waals surface area (Å²) in [7, 11) is 0. The van der Waals surface area contributed by atoms with E-state index in [1.54, 1.807) is 18.2 Å². The van der Waals surface area contributed by atoms with Gasteiger partial charge in [0.2, 0.25) is 5.91 Å². The Balaban J connectivity index is 0.00000264. The van der Waals surface area contributed by atoms with Gasteiger partial charge in [-0.05, 0) is 26.0 Å². The SMILES string of the molecule is CC(C)(CN)NC(=O)CCc1ncc(-c2ccccc2F)o1.Cl.Cl. The van der Waals surface area contributed by atoms with E-state index in [2.05, 4.69) is 10.3 Å². The zero-order valence-electron chi connectivity index (χ0n) is 13.5. The summed E-state index contributed by atoms with van der Waals surface area (Å²) >= 11 is 0. The molecule has 2 aromatic rings. The molecular formula is C16H22Cl2FN3O2. The van der Waals surface area contributed by atoms with Crippen molar-refractivity contribution in [2.24, 2.45) is 5.73 Å². The van der Waals surface area contributed by atoms with Gasteiger partial charge in [0.05, 0.1) is 11.8 Å². The van der Waals surface area contributed by atoms with Gasteiger partial charge in [0.1, 0.15) is 5.82 Å². The van der Waals surface area contributed by atoms with Crippen LogP contribution in [-0.2, 0) is 11.2 Å². The van der Waals surface area contributed by atoms with Crippen molar-refractivity contribution in [2.45, 2.75) is 32.2 Å². The summed E-state index contributed by atoms with van der Waals surface area (Å²) in [6, 6.07) is 6.32. The lowest BCUT2D eigenvalue weighted by Crippen LogP contribution is -2.48. The Bertz CT molecular complexity index is 662. The van der Waals surface area contributed by atoms with Gasteiger partial charge in [-0.25, -0.2) is 9.37 Å². The van der Waals surface area contributed by atoms with Gasteiger partial charge in [0.25, 0.3) is 0 Å². The maximum Gasteiger partial charge on any atom is 0.220 e. The van der Waals surface area contributed by atoms with Gasteiger partial charge in [0.15, 0.2) is 11.7 Å². The second kappa shape index (κ2) is 9.61. The Morgan fingerprint density at radius 1 is 1.33 bits per heavy atom. The summed E-state index contributed by atoms with van der Waals surface area (Å²) < 4.78 is 19.2. The average Bonchev–Trinajstić information content (AvgIpc) is 2.94. The third-order valence-corrected chi connectivity index (χ3v) is 3.25. The smallest absolute Gasteiger partial charge is 0.220 e. The van der Waals surface area contributed by atoms with Crippen molar-refractivity contribution in [1.29, 1.82) is 0 Å². The first-order chi connectivity index (χ1) is 10.4. The number of hydrogen-bond donors (Lipinski definition) is 2. The van der Waals surface area contributed by atoms with E-state index in [-0.39, 0.29) is 43.0 Å². The monoisotopic (exact) mass is 377 g/mol. The summed E-state index contributed by atoms with van der Waals surface area (Å²) in [6.45, 7) is 4.06. The van der Waals surface area contributed by atoms with Crippen LogP contribution in [0.15, 0.2) is 34.9 Å².